The maximum atomic E-state index is 14.1. The number of hydrogen-bond donors (Lipinski definition) is 3. The van der Waals surface area contributed by atoms with Crippen LogP contribution in [0, 0.1) is 12.7 Å². The molecular weight excluding hydrogens is 457 g/mol. The first-order valence-corrected chi connectivity index (χ1v) is 12.4. The zero-order chi connectivity index (χ0) is 25.7. The van der Waals surface area contributed by atoms with Crippen LogP contribution in [0.1, 0.15) is 54.9 Å². The number of aryl methyl sites for hydroxylation is 1. The summed E-state index contributed by atoms with van der Waals surface area (Å²) in [5.41, 5.74) is 3.96. The van der Waals surface area contributed by atoms with Gasteiger partial charge in [-0.3, -0.25) is 0 Å². The molecule has 0 aliphatic heterocycles. The van der Waals surface area contributed by atoms with E-state index in [4.69, 9.17) is 0 Å². The monoisotopic (exact) mass is 489 g/mol. The highest BCUT2D eigenvalue weighted by atomic mass is 19.1. The number of nitrogens with one attached hydrogen (secondary N) is 2. The van der Waals surface area contributed by atoms with Crippen molar-refractivity contribution in [3.05, 3.63) is 77.6 Å². The number of carboxylic acid groups (broad SMARTS) is 1. The zero-order valence-electron chi connectivity index (χ0n) is 20.7. The van der Waals surface area contributed by atoms with Crippen LogP contribution in [0.25, 0.3) is 11.1 Å². The first kappa shape index (κ1) is 25.2. The molecule has 3 N–H and O–H groups in total. The molecule has 7 heteroatoms. The molecule has 0 heterocycles. The Balaban J connectivity index is 1.74. The summed E-state index contributed by atoms with van der Waals surface area (Å²) < 4.78 is 14.1. The van der Waals surface area contributed by atoms with Crippen molar-refractivity contribution in [2.24, 2.45) is 0 Å². The molecule has 0 aromatic heterocycles. The van der Waals surface area contributed by atoms with Crippen molar-refractivity contribution in [2.75, 3.05) is 22.1 Å². The first-order chi connectivity index (χ1) is 17.4. The van der Waals surface area contributed by atoms with Gasteiger partial charge in [-0.25, -0.2) is 14.0 Å². The van der Waals surface area contributed by atoms with Gasteiger partial charge in [0.1, 0.15) is 5.82 Å². The standard InChI is InChI=1S/C29H32FN3O3/c1-3-16-33(23-6-4-5-7-23)27-15-10-20(25-18-21(30)11-14-24(25)28(34)35)17-26(27)32-29(36)31-22-12-8-19(2)9-13-22/h8-15,17-18,23H,3-7,16H2,1-2H3,(H,34,35)(H2,31,32,36). The highest BCUT2D eigenvalue weighted by Crippen LogP contribution is 2.37. The summed E-state index contributed by atoms with van der Waals surface area (Å²) in [7, 11) is 0. The quantitative estimate of drug-likeness (QED) is 0.310. The number of urea groups is 1. The second kappa shape index (κ2) is 11.2. The third-order valence-corrected chi connectivity index (χ3v) is 6.62. The largest absolute Gasteiger partial charge is 0.478 e. The molecule has 0 unspecified atom stereocenters. The average Bonchev–Trinajstić information content (AvgIpc) is 3.38. The van der Waals surface area contributed by atoms with E-state index >= 15 is 0 Å². The molecule has 1 aliphatic carbocycles. The normalized spacial score (nSPS) is 13.4. The van der Waals surface area contributed by atoms with Gasteiger partial charge in [0.05, 0.1) is 16.9 Å². The van der Waals surface area contributed by atoms with E-state index in [-0.39, 0.29) is 11.1 Å². The van der Waals surface area contributed by atoms with E-state index in [1.54, 1.807) is 12.1 Å². The lowest BCUT2D eigenvalue weighted by Gasteiger charge is -2.33. The number of anilines is 3. The number of hydrogen-bond acceptors (Lipinski definition) is 3. The molecule has 1 saturated carbocycles. The molecule has 0 radical (unpaired) electrons. The molecular formula is C29H32FN3O3. The van der Waals surface area contributed by atoms with Crippen LogP contribution in [0.3, 0.4) is 0 Å². The van der Waals surface area contributed by atoms with Gasteiger partial charge in [-0.05, 0) is 79.8 Å². The Labute approximate surface area is 211 Å². The summed E-state index contributed by atoms with van der Waals surface area (Å²) in [6.45, 7) is 4.93. The molecule has 0 atom stereocenters. The number of benzene rings is 3. The molecule has 4 rings (SSSR count). The summed E-state index contributed by atoms with van der Waals surface area (Å²) in [5.74, 6) is -1.66. The van der Waals surface area contributed by atoms with Gasteiger partial charge in [0.15, 0.2) is 0 Å². The topological polar surface area (TPSA) is 81.7 Å². The predicted molar refractivity (Wildman–Crippen MR) is 143 cm³/mol. The van der Waals surface area contributed by atoms with Gasteiger partial charge in [-0.1, -0.05) is 43.5 Å². The molecule has 0 saturated heterocycles. The summed E-state index contributed by atoms with van der Waals surface area (Å²) in [4.78, 5) is 27.2. The Bertz CT molecular complexity index is 1240. The Hall–Kier alpha value is -3.87. The van der Waals surface area contributed by atoms with Crippen LogP contribution in [0.5, 0.6) is 0 Å². The third kappa shape index (κ3) is 5.85. The molecule has 1 aliphatic rings. The maximum Gasteiger partial charge on any atom is 0.336 e. The summed E-state index contributed by atoms with van der Waals surface area (Å²) in [6.07, 6.45) is 5.46. The number of aromatic carboxylic acids is 1. The highest BCUT2D eigenvalue weighted by molar-refractivity contribution is 6.03. The van der Waals surface area contributed by atoms with Crippen molar-refractivity contribution in [1.29, 1.82) is 0 Å². The van der Waals surface area contributed by atoms with Crippen molar-refractivity contribution in [3.63, 3.8) is 0 Å². The maximum absolute atomic E-state index is 14.1. The smallest absolute Gasteiger partial charge is 0.336 e. The van der Waals surface area contributed by atoms with Crippen LogP contribution in [0.15, 0.2) is 60.7 Å². The van der Waals surface area contributed by atoms with Crippen molar-refractivity contribution < 1.29 is 19.1 Å². The van der Waals surface area contributed by atoms with Gasteiger partial charge in [0.2, 0.25) is 0 Å². The van der Waals surface area contributed by atoms with Crippen molar-refractivity contribution >= 4 is 29.1 Å². The van der Waals surface area contributed by atoms with Crippen LogP contribution >= 0.6 is 0 Å². The SMILES string of the molecule is CCCN(c1ccc(-c2cc(F)ccc2C(=O)O)cc1NC(=O)Nc1ccc(C)cc1)C1CCCC1. The first-order valence-electron chi connectivity index (χ1n) is 12.4. The summed E-state index contributed by atoms with van der Waals surface area (Å²) in [5, 5.41) is 15.5. The van der Waals surface area contributed by atoms with E-state index < -0.39 is 17.8 Å². The molecule has 2 amide bonds. The minimum atomic E-state index is -1.14. The lowest BCUT2D eigenvalue weighted by molar-refractivity contribution is 0.0697. The fraction of sp³-hybridized carbons (Fsp3) is 0.310. The Morgan fingerprint density at radius 2 is 1.72 bits per heavy atom. The lowest BCUT2D eigenvalue weighted by Crippen LogP contribution is -2.35. The van der Waals surface area contributed by atoms with Gasteiger partial charge in [-0.2, -0.15) is 0 Å². The average molecular weight is 490 g/mol. The minimum Gasteiger partial charge on any atom is -0.478 e. The Morgan fingerprint density at radius 1 is 1.00 bits per heavy atom. The van der Waals surface area contributed by atoms with Crippen molar-refractivity contribution in [3.8, 4) is 11.1 Å². The van der Waals surface area contributed by atoms with E-state index in [1.807, 2.05) is 37.3 Å². The van der Waals surface area contributed by atoms with E-state index in [2.05, 4.69) is 22.5 Å². The number of rotatable bonds is 8. The second-order valence-corrected chi connectivity index (χ2v) is 9.30. The van der Waals surface area contributed by atoms with Crippen LogP contribution in [0.4, 0.5) is 26.2 Å². The van der Waals surface area contributed by atoms with E-state index in [0.29, 0.717) is 23.0 Å². The van der Waals surface area contributed by atoms with Crippen LogP contribution in [-0.4, -0.2) is 29.7 Å². The second-order valence-electron chi connectivity index (χ2n) is 9.30. The molecule has 6 nitrogen and oxygen atoms in total. The minimum absolute atomic E-state index is 0.000383. The molecule has 36 heavy (non-hydrogen) atoms. The summed E-state index contributed by atoms with van der Waals surface area (Å²) in [6, 6.07) is 16.5. The number of carboxylic acids is 1. The molecule has 0 spiro atoms. The Kier molecular flexibility index (Phi) is 7.88. The number of amides is 2. The van der Waals surface area contributed by atoms with Crippen molar-refractivity contribution in [1.82, 2.24) is 0 Å². The number of carbonyl (C=O) groups is 2. The fourth-order valence-electron chi connectivity index (χ4n) is 4.87. The van der Waals surface area contributed by atoms with Gasteiger partial charge in [-0.15, -0.1) is 0 Å². The number of nitrogens with zero attached hydrogens (tertiary/aromatic N) is 1. The van der Waals surface area contributed by atoms with Gasteiger partial charge >= 0.3 is 12.0 Å². The summed E-state index contributed by atoms with van der Waals surface area (Å²) >= 11 is 0. The van der Waals surface area contributed by atoms with Crippen molar-refractivity contribution in [2.45, 2.75) is 52.0 Å². The molecule has 3 aromatic carbocycles. The Morgan fingerprint density at radius 3 is 2.39 bits per heavy atom. The fourth-order valence-corrected chi connectivity index (χ4v) is 4.87. The van der Waals surface area contributed by atoms with Crippen LogP contribution in [0.2, 0.25) is 0 Å². The molecule has 188 valence electrons. The predicted octanol–water partition coefficient (Wildman–Crippen LogP) is 7.30. The van der Waals surface area contributed by atoms with Gasteiger partial charge in [0, 0.05) is 18.3 Å². The van der Waals surface area contributed by atoms with E-state index in [1.165, 1.54) is 25.0 Å². The number of halogens is 1. The zero-order valence-corrected chi connectivity index (χ0v) is 20.7. The highest BCUT2D eigenvalue weighted by Gasteiger charge is 2.25. The molecule has 1 fully saturated rings. The molecule has 0 bridgehead atoms. The van der Waals surface area contributed by atoms with Crippen LogP contribution in [-0.2, 0) is 0 Å². The van der Waals surface area contributed by atoms with E-state index in [9.17, 15) is 19.1 Å². The number of carbonyl (C=O) groups excluding carboxylic acids is 1. The van der Waals surface area contributed by atoms with Gasteiger partial charge < -0.3 is 20.6 Å². The lowest BCUT2D eigenvalue weighted by atomic mass is 9.98. The third-order valence-electron chi connectivity index (χ3n) is 6.62. The van der Waals surface area contributed by atoms with E-state index in [0.717, 1.165) is 43.1 Å². The van der Waals surface area contributed by atoms with Gasteiger partial charge in [0.25, 0.3) is 0 Å². The molecule has 3 aromatic rings. The van der Waals surface area contributed by atoms with Crippen LogP contribution < -0.4 is 15.5 Å².